The summed E-state index contributed by atoms with van der Waals surface area (Å²) in [4.78, 5) is 26.7. The second kappa shape index (κ2) is 8.27. The molecule has 0 saturated carbocycles. The van der Waals surface area contributed by atoms with Crippen LogP contribution in [0.15, 0.2) is 29.9 Å². The molecule has 0 aliphatic carbocycles. The van der Waals surface area contributed by atoms with Crippen LogP contribution in [0, 0.1) is 0 Å². The van der Waals surface area contributed by atoms with E-state index in [9.17, 15) is 4.79 Å². The fourth-order valence-corrected chi connectivity index (χ4v) is 4.72. The highest BCUT2D eigenvalue weighted by Crippen LogP contribution is 2.24. The number of carbonyl (C=O) groups excluding carboxylic acids is 1. The van der Waals surface area contributed by atoms with Gasteiger partial charge in [-0.3, -0.25) is 9.69 Å². The summed E-state index contributed by atoms with van der Waals surface area (Å²) in [5.74, 6) is 1.15. The molecule has 4 rings (SSSR count). The third-order valence-electron chi connectivity index (χ3n) is 5.49. The van der Waals surface area contributed by atoms with Gasteiger partial charge < -0.3 is 4.90 Å². The number of amides is 1. The third-order valence-corrected chi connectivity index (χ3v) is 6.35. The number of nitrogens with zero attached hydrogens (tertiary/aromatic N) is 4. The molecule has 4 heterocycles. The van der Waals surface area contributed by atoms with E-state index in [1.807, 2.05) is 23.4 Å². The second-order valence-electron chi connectivity index (χ2n) is 7.29. The lowest BCUT2D eigenvalue weighted by Gasteiger charge is -2.36. The first kappa shape index (κ1) is 17.6. The monoisotopic (exact) mass is 370 g/mol. The molecule has 0 radical (unpaired) electrons. The molecule has 0 N–H and O–H groups in total. The Bertz CT molecular complexity index is 716. The fourth-order valence-electron chi connectivity index (χ4n) is 4.04. The molecule has 6 heteroatoms. The molecule has 2 aromatic rings. The third kappa shape index (κ3) is 4.13. The van der Waals surface area contributed by atoms with Gasteiger partial charge in [0.25, 0.3) is 0 Å². The highest BCUT2D eigenvalue weighted by molar-refractivity contribution is 7.13. The van der Waals surface area contributed by atoms with Gasteiger partial charge in [-0.15, -0.1) is 11.3 Å². The van der Waals surface area contributed by atoms with Gasteiger partial charge in [-0.1, -0.05) is 12.5 Å². The van der Waals surface area contributed by atoms with E-state index in [0.29, 0.717) is 11.9 Å². The number of piperidine rings is 1. The minimum absolute atomic E-state index is 0.338. The van der Waals surface area contributed by atoms with Crippen molar-refractivity contribution in [2.45, 2.75) is 51.1 Å². The molecular weight excluding hydrogens is 344 g/mol. The molecular formula is C20H26N4OS. The van der Waals surface area contributed by atoms with Gasteiger partial charge in [0.15, 0.2) is 5.82 Å². The quantitative estimate of drug-likeness (QED) is 0.780. The maximum atomic E-state index is 11.8. The van der Waals surface area contributed by atoms with E-state index in [-0.39, 0.29) is 0 Å². The Kier molecular flexibility index (Phi) is 5.60. The number of carbonyl (C=O) groups is 1. The highest BCUT2D eigenvalue weighted by Gasteiger charge is 2.26. The van der Waals surface area contributed by atoms with Crippen LogP contribution in [0.1, 0.15) is 44.1 Å². The first-order valence-electron chi connectivity index (χ1n) is 9.66. The molecule has 2 fully saturated rings. The summed E-state index contributed by atoms with van der Waals surface area (Å²) in [6.07, 6.45) is 10.6. The van der Waals surface area contributed by atoms with Gasteiger partial charge in [-0.25, -0.2) is 9.97 Å². The van der Waals surface area contributed by atoms with Gasteiger partial charge in [0.05, 0.1) is 4.88 Å². The smallest absolute Gasteiger partial charge is 0.222 e. The summed E-state index contributed by atoms with van der Waals surface area (Å²) in [7, 11) is 0. The van der Waals surface area contributed by atoms with Crippen molar-refractivity contribution in [2.75, 3.05) is 19.6 Å². The fraction of sp³-hybridized carbons (Fsp3) is 0.550. The van der Waals surface area contributed by atoms with Crippen LogP contribution in [0.4, 0.5) is 0 Å². The molecule has 1 amide bonds. The van der Waals surface area contributed by atoms with E-state index in [0.717, 1.165) is 56.1 Å². The van der Waals surface area contributed by atoms with Crippen LogP contribution < -0.4 is 0 Å². The average Bonchev–Trinajstić information content (AvgIpc) is 3.34. The Morgan fingerprint density at radius 3 is 2.77 bits per heavy atom. The Morgan fingerprint density at radius 1 is 1.15 bits per heavy atom. The van der Waals surface area contributed by atoms with Gasteiger partial charge >= 0.3 is 0 Å². The van der Waals surface area contributed by atoms with Crippen molar-refractivity contribution in [3.8, 4) is 10.7 Å². The van der Waals surface area contributed by atoms with Crippen LogP contribution in [-0.4, -0.2) is 51.4 Å². The summed E-state index contributed by atoms with van der Waals surface area (Å²) in [5.41, 5.74) is 1.18. The Balaban J connectivity index is 1.36. The van der Waals surface area contributed by atoms with Crippen LogP contribution in [0.25, 0.3) is 10.7 Å². The molecule has 2 saturated heterocycles. The van der Waals surface area contributed by atoms with Crippen LogP contribution in [0.3, 0.4) is 0 Å². The molecule has 138 valence electrons. The summed E-state index contributed by atoms with van der Waals surface area (Å²) in [6.45, 7) is 3.89. The zero-order valence-corrected chi connectivity index (χ0v) is 16.0. The van der Waals surface area contributed by atoms with Crippen molar-refractivity contribution in [1.29, 1.82) is 0 Å². The maximum absolute atomic E-state index is 11.8. The molecule has 0 spiro atoms. The van der Waals surface area contributed by atoms with Gasteiger partial charge in [0.1, 0.15) is 0 Å². The number of aromatic nitrogens is 2. The average molecular weight is 371 g/mol. The van der Waals surface area contributed by atoms with E-state index in [2.05, 4.69) is 26.3 Å². The number of hydrogen-bond acceptors (Lipinski definition) is 5. The van der Waals surface area contributed by atoms with E-state index in [1.165, 1.54) is 24.8 Å². The van der Waals surface area contributed by atoms with Crippen LogP contribution in [0.2, 0.25) is 0 Å². The van der Waals surface area contributed by atoms with Gasteiger partial charge in [-0.2, -0.15) is 0 Å². The lowest BCUT2D eigenvalue weighted by Crippen LogP contribution is -2.41. The Morgan fingerprint density at radius 2 is 2.04 bits per heavy atom. The number of thiophene rings is 1. The second-order valence-corrected chi connectivity index (χ2v) is 8.23. The molecule has 0 aromatic carbocycles. The molecule has 1 atom stereocenters. The Labute approximate surface area is 159 Å². The van der Waals surface area contributed by atoms with Gasteiger partial charge in [0, 0.05) is 50.1 Å². The summed E-state index contributed by atoms with van der Waals surface area (Å²) < 4.78 is 0. The minimum atomic E-state index is 0.338. The van der Waals surface area contributed by atoms with Crippen LogP contribution >= 0.6 is 11.3 Å². The standard InChI is InChI=1S/C20H26N4OS/c25-19-7-3-10-23(19)11-8-17-5-1-2-9-24(17)15-16-13-21-20(22-14-16)18-6-4-12-26-18/h4,6,12-14,17H,1-3,5,7-11,15H2. The normalized spacial score (nSPS) is 21.5. The summed E-state index contributed by atoms with van der Waals surface area (Å²) in [5, 5.41) is 2.05. The molecule has 2 aliphatic heterocycles. The molecule has 26 heavy (non-hydrogen) atoms. The summed E-state index contributed by atoms with van der Waals surface area (Å²) in [6, 6.07) is 4.65. The predicted molar refractivity (Wildman–Crippen MR) is 104 cm³/mol. The highest BCUT2D eigenvalue weighted by atomic mass is 32.1. The van der Waals surface area contributed by atoms with Crippen molar-refractivity contribution >= 4 is 17.2 Å². The SMILES string of the molecule is O=C1CCCN1CCC1CCCCN1Cc1cnc(-c2cccs2)nc1. The van der Waals surface area contributed by atoms with Gasteiger partial charge in [-0.05, 0) is 43.7 Å². The number of likely N-dealkylation sites (tertiary alicyclic amines) is 2. The molecule has 2 aliphatic rings. The Hall–Kier alpha value is -1.79. The first-order chi connectivity index (χ1) is 12.8. The van der Waals surface area contributed by atoms with Crippen LogP contribution in [0.5, 0.6) is 0 Å². The van der Waals surface area contributed by atoms with Crippen LogP contribution in [-0.2, 0) is 11.3 Å². The minimum Gasteiger partial charge on any atom is -0.343 e. The van der Waals surface area contributed by atoms with Crippen molar-refractivity contribution < 1.29 is 4.79 Å². The maximum Gasteiger partial charge on any atom is 0.222 e. The van der Waals surface area contributed by atoms with E-state index in [1.54, 1.807) is 11.3 Å². The van der Waals surface area contributed by atoms with E-state index in [4.69, 9.17) is 0 Å². The number of rotatable bonds is 6. The van der Waals surface area contributed by atoms with Crippen molar-refractivity contribution in [2.24, 2.45) is 0 Å². The predicted octanol–water partition coefficient (Wildman–Crippen LogP) is 3.57. The summed E-state index contributed by atoms with van der Waals surface area (Å²) >= 11 is 1.67. The largest absolute Gasteiger partial charge is 0.343 e. The van der Waals surface area contributed by atoms with Crippen molar-refractivity contribution in [3.63, 3.8) is 0 Å². The lowest BCUT2D eigenvalue weighted by atomic mass is 9.98. The topological polar surface area (TPSA) is 49.3 Å². The molecule has 0 bridgehead atoms. The van der Waals surface area contributed by atoms with Crippen molar-refractivity contribution in [1.82, 2.24) is 19.8 Å². The molecule has 1 unspecified atom stereocenters. The zero-order valence-electron chi connectivity index (χ0n) is 15.1. The zero-order chi connectivity index (χ0) is 17.8. The van der Waals surface area contributed by atoms with Crippen molar-refractivity contribution in [3.05, 3.63) is 35.5 Å². The van der Waals surface area contributed by atoms with E-state index < -0.39 is 0 Å². The number of hydrogen-bond donors (Lipinski definition) is 0. The molecule has 5 nitrogen and oxygen atoms in total. The van der Waals surface area contributed by atoms with E-state index >= 15 is 0 Å². The van der Waals surface area contributed by atoms with Gasteiger partial charge in [0.2, 0.25) is 5.91 Å². The first-order valence-corrected chi connectivity index (χ1v) is 10.5. The molecule has 2 aromatic heterocycles. The lowest BCUT2D eigenvalue weighted by molar-refractivity contribution is -0.127.